The number of benzene rings is 1. The standard InChI is InChI=1S/C23H28N4O4/c1-27-13-15(12-25-27)6-7-24-22(28)17-10-19(21(31-3)20(11-17)30-2)26-23(29)18-9-14-4-5-16(18)8-14/h4-5,10-14,16,18H,6-9H2,1-3H3,(H,24,28)(H,26,29)/t14-,16+,18-/m1/s1. The number of fused-ring (bicyclic) bond motifs is 2. The predicted octanol–water partition coefficient (Wildman–Crippen LogP) is 2.56. The second-order valence-electron chi connectivity index (χ2n) is 8.16. The number of carbonyl (C=O) groups is 2. The largest absolute Gasteiger partial charge is 0.493 e. The Bertz CT molecular complexity index is 1010. The molecule has 8 nitrogen and oxygen atoms in total. The number of amides is 2. The number of aryl methyl sites for hydroxylation is 1. The molecule has 2 aliphatic carbocycles. The van der Waals surface area contributed by atoms with Gasteiger partial charge in [0.1, 0.15) is 0 Å². The average molecular weight is 425 g/mol. The van der Waals surface area contributed by atoms with Crippen molar-refractivity contribution in [1.29, 1.82) is 0 Å². The highest BCUT2D eigenvalue weighted by molar-refractivity contribution is 6.00. The highest BCUT2D eigenvalue weighted by Gasteiger charge is 2.40. The molecule has 0 unspecified atom stereocenters. The maximum absolute atomic E-state index is 12.9. The lowest BCUT2D eigenvalue weighted by atomic mass is 9.92. The van der Waals surface area contributed by atoms with Gasteiger partial charge in [0, 0.05) is 31.3 Å². The fourth-order valence-corrected chi connectivity index (χ4v) is 4.52. The molecule has 2 aliphatic rings. The molecule has 1 fully saturated rings. The summed E-state index contributed by atoms with van der Waals surface area (Å²) in [4.78, 5) is 25.7. The number of rotatable bonds is 8. The van der Waals surface area contributed by atoms with Crippen LogP contribution in [0, 0.1) is 17.8 Å². The van der Waals surface area contributed by atoms with Crippen LogP contribution in [-0.4, -0.2) is 42.4 Å². The van der Waals surface area contributed by atoms with Crippen LogP contribution >= 0.6 is 0 Å². The topological polar surface area (TPSA) is 94.5 Å². The van der Waals surface area contributed by atoms with Crippen LogP contribution in [0.4, 0.5) is 5.69 Å². The van der Waals surface area contributed by atoms with E-state index < -0.39 is 0 Å². The van der Waals surface area contributed by atoms with E-state index in [4.69, 9.17) is 9.47 Å². The summed E-state index contributed by atoms with van der Waals surface area (Å²) in [6.45, 7) is 0.470. The summed E-state index contributed by atoms with van der Waals surface area (Å²) in [5.41, 5.74) is 1.88. The lowest BCUT2D eigenvalue weighted by molar-refractivity contribution is -0.120. The lowest BCUT2D eigenvalue weighted by Crippen LogP contribution is -2.27. The van der Waals surface area contributed by atoms with E-state index in [1.807, 2.05) is 13.2 Å². The summed E-state index contributed by atoms with van der Waals surface area (Å²) in [6.07, 6.45) is 10.6. The molecule has 2 amide bonds. The zero-order chi connectivity index (χ0) is 22.0. The van der Waals surface area contributed by atoms with Crippen LogP contribution in [-0.2, 0) is 18.3 Å². The summed E-state index contributed by atoms with van der Waals surface area (Å²) < 4.78 is 12.6. The zero-order valence-corrected chi connectivity index (χ0v) is 18.1. The third kappa shape index (κ3) is 4.42. The number of ether oxygens (including phenoxy) is 2. The van der Waals surface area contributed by atoms with Crippen LogP contribution < -0.4 is 20.1 Å². The molecule has 4 rings (SSSR count). The molecular weight excluding hydrogens is 396 g/mol. The van der Waals surface area contributed by atoms with Gasteiger partial charge in [0.25, 0.3) is 5.91 Å². The molecule has 0 spiro atoms. The molecule has 3 atom stereocenters. The minimum atomic E-state index is -0.247. The second-order valence-corrected chi connectivity index (χ2v) is 8.16. The van der Waals surface area contributed by atoms with Gasteiger partial charge in [0.05, 0.1) is 26.1 Å². The van der Waals surface area contributed by atoms with Gasteiger partial charge in [-0.25, -0.2) is 0 Å². The lowest BCUT2D eigenvalue weighted by Gasteiger charge is -2.20. The molecule has 8 heteroatoms. The normalized spacial score (nSPS) is 21.2. The van der Waals surface area contributed by atoms with Crippen LogP contribution in [0.1, 0.15) is 28.8 Å². The first kappa shape index (κ1) is 21.0. The van der Waals surface area contributed by atoms with Crippen molar-refractivity contribution in [2.45, 2.75) is 19.3 Å². The number of nitrogens with zero attached hydrogens (tertiary/aromatic N) is 2. The third-order valence-corrected chi connectivity index (χ3v) is 6.07. The predicted molar refractivity (Wildman–Crippen MR) is 116 cm³/mol. The van der Waals surface area contributed by atoms with Crippen molar-refractivity contribution in [3.8, 4) is 11.5 Å². The van der Waals surface area contributed by atoms with Crippen LogP contribution in [0.3, 0.4) is 0 Å². The van der Waals surface area contributed by atoms with E-state index in [0.29, 0.717) is 41.6 Å². The minimum absolute atomic E-state index is 0.0497. The molecule has 164 valence electrons. The third-order valence-electron chi connectivity index (χ3n) is 6.07. The molecule has 1 saturated carbocycles. The van der Waals surface area contributed by atoms with Gasteiger partial charge in [-0.1, -0.05) is 12.2 Å². The molecule has 2 N–H and O–H groups in total. The van der Waals surface area contributed by atoms with Crippen molar-refractivity contribution in [1.82, 2.24) is 15.1 Å². The highest BCUT2D eigenvalue weighted by atomic mass is 16.5. The molecule has 1 aromatic carbocycles. The van der Waals surface area contributed by atoms with E-state index in [1.165, 1.54) is 14.2 Å². The van der Waals surface area contributed by atoms with Gasteiger partial charge < -0.3 is 20.1 Å². The molecule has 2 aromatic rings. The Morgan fingerprint density at radius 2 is 2.03 bits per heavy atom. The molecule has 1 aromatic heterocycles. The van der Waals surface area contributed by atoms with E-state index in [0.717, 1.165) is 18.4 Å². The number of allylic oxidation sites excluding steroid dienone is 2. The molecule has 1 heterocycles. The van der Waals surface area contributed by atoms with E-state index in [-0.39, 0.29) is 23.7 Å². The van der Waals surface area contributed by atoms with Gasteiger partial charge in [-0.15, -0.1) is 0 Å². The second kappa shape index (κ2) is 8.83. The van der Waals surface area contributed by atoms with Crippen LogP contribution in [0.2, 0.25) is 0 Å². The Morgan fingerprint density at radius 1 is 1.19 bits per heavy atom. The van der Waals surface area contributed by atoms with Crippen molar-refractivity contribution in [2.75, 3.05) is 26.1 Å². The Balaban J connectivity index is 1.48. The molecular formula is C23H28N4O4. The van der Waals surface area contributed by atoms with E-state index >= 15 is 0 Å². The van der Waals surface area contributed by atoms with E-state index in [9.17, 15) is 9.59 Å². The van der Waals surface area contributed by atoms with Crippen molar-refractivity contribution in [3.63, 3.8) is 0 Å². The van der Waals surface area contributed by atoms with Gasteiger partial charge >= 0.3 is 0 Å². The Morgan fingerprint density at radius 3 is 2.65 bits per heavy atom. The molecule has 0 aliphatic heterocycles. The number of hydrogen-bond donors (Lipinski definition) is 2. The summed E-state index contributed by atoms with van der Waals surface area (Å²) in [5, 5.41) is 10.0. The van der Waals surface area contributed by atoms with E-state index in [2.05, 4.69) is 27.9 Å². The first-order chi connectivity index (χ1) is 15.0. The number of methoxy groups -OCH3 is 2. The number of carbonyl (C=O) groups excluding carboxylic acids is 2. The van der Waals surface area contributed by atoms with Gasteiger partial charge in [0.15, 0.2) is 11.5 Å². The fourth-order valence-electron chi connectivity index (χ4n) is 4.52. The van der Waals surface area contributed by atoms with Crippen LogP contribution in [0.5, 0.6) is 11.5 Å². The minimum Gasteiger partial charge on any atom is -0.493 e. The highest BCUT2D eigenvalue weighted by Crippen LogP contribution is 2.44. The number of hydrogen-bond acceptors (Lipinski definition) is 5. The van der Waals surface area contributed by atoms with Crippen molar-refractivity contribution in [2.24, 2.45) is 24.8 Å². The Kier molecular flexibility index (Phi) is 5.97. The molecule has 31 heavy (non-hydrogen) atoms. The zero-order valence-electron chi connectivity index (χ0n) is 18.1. The maximum Gasteiger partial charge on any atom is 0.251 e. The molecule has 2 bridgehead atoms. The monoisotopic (exact) mass is 424 g/mol. The first-order valence-corrected chi connectivity index (χ1v) is 10.5. The number of anilines is 1. The van der Waals surface area contributed by atoms with Gasteiger partial charge in [-0.3, -0.25) is 14.3 Å². The van der Waals surface area contributed by atoms with Gasteiger partial charge in [-0.2, -0.15) is 5.10 Å². The van der Waals surface area contributed by atoms with E-state index in [1.54, 1.807) is 23.0 Å². The SMILES string of the molecule is COc1cc(C(=O)NCCc2cnn(C)c2)cc(NC(=O)[C@@H]2C[C@@H]3C=C[C@H]2C3)c1OC. The summed E-state index contributed by atoms with van der Waals surface area (Å²) in [5.74, 6) is 1.23. The van der Waals surface area contributed by atoms with Gasteiger partial charge in [0.2, 0.25) is 5.91 Å². The van der Waals surface area contributed by atoms with Crippen LogP contribution in [0.25, 0.3) is 0 Å². The van der Waals surface area contributed by atoms with Crippen LogP contribution in [0.15, 0.2) is 36.7 Å². The summed E-state index contributed by atoms with van der Waals surface area (Å²) in [6, 6.07) is 3.26. The quantitative estimate of drug-likeness (QED) is 0.635. The molecule has 0 saturated heterocycles. The Hall–Kier alpha value is -3.29. The van der Waals surface area contributed by atoms with Crippen molar-refractivity contribution >= 4 is 17.5 Å². The summed E-state index contributed by atoms with van der Waals surface area (Å²) >= 11 is 0. The molecule has 0 radical (unpaired) electrons. The smallest absolute Gasteiger partial charge is 0.251 e. The first-order valence-electron chi connectivity index (χ1n) is 10.5. The maximum atomic E-state index is 12.9. The summed E-state index contributed by atoms with van der Waals surface area (Å²) in [7, 11) is 4.88. The Labute approximate surface area is 181 Å². The van der Waals surface area contributed by atoms with Crippen molar-refractivity contribution < 1.29 is 19.1 Å². The number of nitrogens with one attached hydrogen (secondary N) is 2. The number of aromatic nitrogens is 2. The average Bonchev–Trinajstić information content (AvgIpc) is 3.50. The van der Waals surface area contributed by atoms with Crippen molar-refractivity contribution in [3.05, 3.63) is 47.8 Å². The van der Waals surface area contributed by atoms with Gasteiger partial charge in [-0.05, 0) is 48.8 Å². The fraction of sp³-hybridized carbons (Fsp3) is 0.435.